The van der Waals surface area contributed by atoms with Crippen LogP contribution in [0.2, 0.25) is 0 Å². The van der Waals surface area contributed by atoms with Gasteiger partial charge in [-0.25, -0.2) is 18.4 Å². The van der Waals surface area contributed by atoms with Crippen LogP contribution in [-0.2, 0) is 9.84 Å². The Bertz CT molecular complexity index is 1170. The summed E-state index contributed by atoms with van der Waals surface area (Å²) in [7, 11) is -3.21. The summed E-state index contributed by atoms with van der Waals surface area (Å²) in [6.07, 6.45) is 2.72. The molecule has 130 valence electrons. The van der Waals surface area contributed by atoms with Crippen molar-refractivity contribution in [2.75, 3.05) is 11.6 Å². The molecular formula is C19H15N3O2S2. The van der Waals surface area contributed by atoms with E-state index in [9.17, 15) is 8.42 Å². The molecule has 2 aromatic carbocycles. The van der Waals surface area contributed by atoms with E-state index in [1.807, 2.05) is 18.2 Å². The average molecular weight is 381 g/mol. The van der Waals surface area contributed by atoms with E-state index in [0.717, 1.165) is 26.3 Å². The molecule has 4 rings (SSSR count). The largest absolute Gasteiger partial charge is 0.340 e. The van der Waals surface area contributed by atoms with Crippen LogP contribution >= 0.6 is 11.3 Å². The molecule has 7 heteroatoms. The predicted molar refractivity (Wildman–Crippen MR) is 106 cm³/mol. The van der Waals surface area contributed by atoms with Gasteiger partial charge in [0.05, 0.1) is 10.3 Å². The van der Waals surface area contributed by atoms with Gasteiger partial charge in [0, 0.05) is 16.8 Å². The van der Waals surface area contributed by atoms with Gasteiger partial charge >= 0.3 is 0 Å². The minimum absolute atomic E-state index is 0.290. The highest BCUT2D eigenvalue weighted by atomic mass is 32.2. The maximum atomic E-state index is 11.6. The summed E-state index contributed by atoms with van der Waals surface area (Å²) in [5.41, 5.74) is 1.91. The van der Waals surface area contributed by atoms with Crippen LogP contribution in [0, 0.1) is 0 Å². The van der Waals surface area contributed by atoms with Crippen molar-refractivity contribution in [3.05, 3.63) is 67.0 Å². The van der Waals surface area contributed by atoms with E-state index < -0.39 is 9.84 Å². The Hall–Kier alpha value is -2.77. The highest BCUT2D eigenvalue weighted by molar-refractivity contribution is 7.90. The highest BCUT2D eigenvalue weighted by Gasteiger charge is 2.11. The number of anilines is 2. The van der Waals surface area contributed by atoms with Crippen LogP contribution in [0.1, 0.15) is 0 Å². The third-order valence-electron chi connectivity index (χ3n) is 3.93. The van der Waals surface area contributed by atoms with Crippen LogP contribution in [0.3, 0.4) is 0 Å². The summed E-state index contributed by atoms with van der Waals surface area (Å²) < 4.78 is 23.2. The summed E-state index contributed by atoms with van der Waals surface area (Å²) in [5, 5.41) is 4.18. The molecule has 2 aromatic heterocycles. The Morgan fingerprint density at radius 1 is 0.962 bits per heavy atom. The van der Waals surface area contributed by atoms with E-state index in [2.05, 4.69) is 33.5 Å². The summed E-state index contributed by atoms with van der Waals surface area (Å²) in [4.78, 5) is 11.0. The molecule has 0 fully saturated rings. The first kappa shape index (κ1) is 16.7. The van der Waals surface area contributed by atoms with E-state index in [-0.39, 0.29) is 4.90 Å². The summed E-state index contributed by atoms with van der Waals surface area (Å²) in [5.74, 6) is 0.695. The van der Waals surface area contributed by atoms with Gasteiger partial charge in [-0.05, 0) is 35.9 Å². The third-order valence-corrected chi connectivity index (χ3v) is 6.15. The zero-order chi connectivity index (χ0) is 18.1. The topological polar surface area (TPSA) is 72.0 Å². The van der Waals surface area contributed by atoms with Crippen LogP contribution in [0.25, 0.3) is 20.7 Å². The summed E-state index contributed by atoms with van der Waals surface area (Å²) in [6, 6.07) is 18.8. The molecule has 5 nitrogen and oxygen atoms in total. The number of nitrogens with one attached hydrogen (secondary N) is 1. The molecule has 1 N–H and O–H groups in total. The molecule has 0 saturated carbocycles. The van der Waals surface area contributed by atoms with Crippen molar-refractivity contribution in [1.29, 1.82) is 0 Å². The number of aromatic nitrogens is 2. The van der Waals surface area contributed by atoms with Gasteiger partial charge in [-0.15, -0.1) is 11.3 Å². The lowest BCUT2D eigenvalue weighted by Crippen LogP contribution is -1.98. The van der Waals surface area contributed by atoms with Crippen molar-refractivity contribution >= 4 is 42.9 Å². The fraction of sp³-hybridized carbons (Fsp3) is 0.0526. The van der Waals surface area contributed by atoms with E-state index in [0.29, 0.717) is 5.82 Å². The summed E-state index contributed by atoms with van der Waals surface area (Å²) >= 11 is 1.61. The molecule has 0 unspecified atom stereocenters. The van der Waals surface area contributed by atoms with Gasteiger partial charge in [-0.3, -0.25) is 0 Å². The smallest absolute Gasteiger partial charge is 0.175 e. The molecule has 4 aromatic rings. The van der Waals surface area contributed by atoms with Gasteiger partial charge in [0.1, 0.15) is 17.0 Å². The fourth-order valence-corrected chi connectivity index (χ4v) is 4.26. The number of thiophene rings is 1. The molecule has 0 saturated heterocycles. The van der Waals surface area contributed by atoms with Gasteiger partial charge in [0.15, 0.2) is 9.84 Å². The van der Waals surface area contributed by atoms with Crippen molar-refractivity contribution in [3.63, 3.8) is 0 Å². The first-order valence-electron chi connectivity index (χ1n) is 7.88. The van der Waals surface area contributed by atoms with E-state index >= 15 is 0 Å². The molecule has 0 aliphatic carbocycles. The standard InChI is InChI=1S/C19H15N3O2S2/c1-26(23,24)15-9-7-14(8-10-15)22-18-16-11-17(13-5-3-2-4-6-13)25-19(16)21-12-20-18/h2-12H,1H3,(H,20,21,22). The normalized spacial score (nSPS) is 11.6. The van der Waals surface area contributed by atoms with Crippen molar-refractivity contribution in [2.45, 2.75) is 4.90 Å². The Balaban J connectivity index is 1.70. The summed E-state index contributed by atoms with van der Waals surface area (Å²) in [6.45, 7) is 0. The zero-order valence-electron chi connectivity index (χ0n) is 13.9. The second-order valence-electron chi connectivity index (χ2n) is 5.84. The first-order chi connectivity index (χ1) is 12.5. The molecule has 0 spiro atoms. The lowest BCUT2D eigenvalue weighted by atomic mass is 10.2. The molecule has 0 atom stereocenters. The molecule has 0 radical (unpaired) electrons. The second kappa shape index (κ2) is 6.51. The number of rotatable bonds is 4. The van der Waals surface area contributed by atoms with Crippen LogP contribution in [-0.4, -0.2) is 24.6 Å². The van der Waals surface area contributed by atoms with Gasteiger partial charge in [-0.2, -0.15) is 0 Å². The van der Waals surface area contributed by atoms with Crippen molar-refractivity contribution < 1.29 is 8.42 Å². The first-order valence-corrected chi connectivity index (χ1v) is 10.6. The van der Waals surface area contributed by atoms with Crippen LogP contribution in [0.4, 0.5) is 11.5 Å². The third kappa shape index (κ3) is 3.31. The monoisotopic (exact) mass is 381 g/mol. The van der Waals surface area contributed by atoms with Crippen molar-refractivity contribution in [2.24, 2.45) is 0 Å². The number of benzene rings is 2. The minimum atomic E-state index is -3.21. The molecule has 26 heavy (non-hydrogen) atoms. The predicted octanol–water partition coefficient (Wildman–Crippen LogP) is 4.51. The molecule has 0 aliphatic rings. The molecule has 0 amide bonds. The lowest BCUT2D eigenvalue weighted by Gasteiger charge is -2.07. The van der Waals surface area contributed by atoms with Crippen LogP contribution < -0.4 is 5.32 Å². The molecule has 0 bridgehead atoms. The van der Waals surface area contributed by atoms with Crippen molar-refractivity contribution in [1.82, 2.24) is 9.97 Å². The number of hydrogen-bond acceptors (Lipinski definition) is 6. The average Bonchev–Trinajstić information content (AvgIpc) is 3.08. The van der Waals surface area contributed by atoms with E-state index in [4.69, 9.17) is 0 Å². The Labute approximate surface area is 155 Å². The lowest BCUT2D eigenvalue weighted by molar-refractivity contribution is 0.602. The number of fused-ring (bicyclic) bond motifs is 1. The number of hydrogen-bond donors (Lipinski definition) is 1. The van der Waals surface area contributed by atoms with Gasteiger partial charge in [0.25, 0.3) is 0 Å². The van der Waals surface area contributed by atoms with Crippen LogP contribution in [0.15, 0.2) is 71.9 Å². The van der Waals surface area contributed by atoms with Gasteiger partial charge < -0.3 is 5.32 Å². The Morgan fingerprint density at radius 3 is 2.38 bits per heavy atom. The maximum absolute atomic E-state index is 11.6. The van der Waals surface area contributed by atoms with Crippen LogP contribution in [0.5, 0.6) is 0 Å². The van der Waals surface area contributed by atoms with Gasteiger partial charge in [-0.1, -0.05) is 30.3 Å². The van der Waals surface area contributed by atoms with Crippen molar-refractivity contribution in [3.8, 4) is 10.4 Å². The maximum Gasteiger partial charge on any atom is 0.175 e. The SMILES string of the molecule is CS(=O)(=O)c1ccc(Nc2ncnc3sc(-c4ccccc4)cc23)cc1. The Morgan fingerprint density at radius 2 is 1.69 bits per heavy atom. The van der Waals surface area contributed by atoms with E-state index in [1.165, 1.54) is 12.6 Å². The molecular weight excluding hydrogens is 366 g/mol. The fourth-order valence-electron chi connectivity index (χ4n) is 2.62. The minimum Gasteiger partial charge on any atom is -0.340 e. The molecule has 2 heterocycles. The molecule has 0 aliphatic heterocycles. The van der Waals surface area contributed by atoms with E-state index in [1.54, 1.807) is 35.6 Å². The zero-order valence-corrected chi connectivity index (χ0v) is 15.5. The second-order valence-corrected chi connectivity index (χ2v) is 8.89. The number of nitrogens with zero attached hydrogens (tertiary/aromatic N) is 2. The van der Waals surface area contributed by atoms with Gasteiger partial charge in [0.2, 0.25) is 0 Å². The quantitative estimate of drug-likeness (QED) is 0.563. The highest BCUT2D eigenvalue weighted by Crippen LogP contribution is 2.35. The Kier molecular flexibility index (Phi) is 4.18. The number of sulfone groups is 1.